The van der Waals surface area contributed by atoms with E-state index in [9.17, 15) is 22.0 Å². The molecule has 0 saturated carbocycles. The van der Waals surface area contributed by atoms with Gasteiger partial charge in [-0.1, -0.05) is 35.9 Å². The van der Waals surface area contributed by atoms with Gasteiger partial charge in [-0.05, 0) is 43.2 Å². The van der Waals surface area contributed by atoms with Gasteiger partial charge in [0.1, 0.15) is 5.75 Å². The van der Waals surface area contributed by atoms with Gasteiger partial charge >= 0.3 is 5.97 Å². The van der Waals surface area contributed by atoms with Crippen LogP contribution in [0.2, 0.25) is 5.02 Å². The number of fused-ring (bicyclic) bond motifs is 1. The molecule has 1 aliphatic rings. The van der Waals surface area contributed by atoms with Crippen molar-refractivity contribution in [2.45, 2.75) is 17.7 Å². The Bertz CT molecular complexity index is 1260. The van der Waals surface area contributed by atoms with Gasteiger partial charge in [-0.25, -0.2) is 17.2 Å². The molecular formula is C22H18ClF2NO4S. The molecule has 1 heterocycles. The summed E-state index contributed by atoms with van der Waals surface area (Å²) in [4.78, 5) is 12.4. The largest absolute Gasteiger partial charge is 0.426 e. The SMILES string of the molecule is O=C(Oc1ccc(Cl)c2ccccc12)C1CCN(S(=O)(=O)c2ccc(F)c(F)c2)CC1. The summed E-state index contributed by atoms with van der Waals surface area (Å²) in [6.07, 6.45) is 0.514. The number of rotatable bonds is 4. The van der Waals surface area contributed by atoms with Crippen LogP contribution in [-0.4, -0.2) is 31.8 Å². The Labute approximate surface area is 183 Å². The number of ether oxygens (including phenoxy) is 1. The molecule has 5 nitrogen and oxygen atoms in total. The zero-order valence-electron chi connectivity index (χ0n) is 16.2. The fourth-order valence-corrected chi connectivity index (χ4v) is 5.34. The lowest BCUT2D eigenvalue weighted by Gasteiger charge is -2.30. The zero-order chi connectivity index (χ0) is 22.2. The quantitative estimate of drug-likeness (QED) is 0.411. The van der Waals surface area contributed by atoms with Crippen LogP contribution < -0.4 is 4.74 Å². The smallest absolute Gasteiger partial charge is 0.314 e. The third kappa shape index (κ3) is 4.28. The topological polar surface area (TPSA) is 63.7 Å². The summed E-state index contributed by atoms with van der Waals surface area (Å²) < 4.78 is 58.8. The molecule has 0 radical (unpaired) electrons. The summed E-state index contributed by atoms with van der Waals surface area (Å²) in [7, 11) is -3.98. The van der Waals surface area contributed by atoms with E-state index in [-0.39, 0.29) is 30.8 Å². The maximum atomic E-state index is 13.5. The molecule has 0 amide bonds. The van der Waals surface area contributed by atoms with Gasteiger partial charge in [-0.2, -0.15) is 4.31 Å². The van der Waals surface area contributed by atoms with E-state index in [1.165, 1.54) is 4.31 Å². The molecular weight excluding hydrogens is 448 g/mol. The molecule has 3 aromatic carbocycles. The molecule has 0 atom stereocenters. The molecule has 0 unspecified atom stereocenters. The van der Waals surface area contributed by atoms with Crippen LogP contribution in [0, 0.1) is 17.6 Å². The molecule has 4 rings (SSSR count). The van der Waals surface area contributed by atoms with Crippen molar-refractivity contribution < 1.29 is 26.7 Å². The average molecular weight is 466 g/mol. The maximum absolute atomic E-state index is 13.5. The van der Waals surface area contributed by atoms with Crippen LogP contribution in [0.3, 0.4) is 0 Å². The molecule has 31 heavy (non-hydrogen) atoms. The van der Waals surface area contributed by atoms with Crippen LogP contribution in [0.5, 0.6) is 5.75 Å². The Morgan fingerprint density at radius 2 is 1.65 bits per heavy atom. The van der Waals surface area contributed by atoms with E-state index in [1.807, 2.05) is 18.2 Å². The van der Waals surface area contributed by atoms with Crippen molar-refractivity contribution in [1.82, 2.24) is 4.31 Å². The molecule has 1 fully saturated rings. The molecule has 0 N–H and O–H groups in total. The summed E-state index contributed by atoms with van der Waals surface area (Å²) >= 11 is 6.19. The van der Waals surface area contributed by atoms with Crippen LogP contribution in [-0.2, 0) is 14.8 Å². The summed E-state index contributed by atoms with van der Waals surface area (Å²) in [5.41, 5.74) is 0. The zero-order valence-corrected chi connectivity index (χ0v) is 17.8. The van der Waals surface area contributed by atoms with Gasteiger partial charge in [0.25, 0.3) is 0 Å². The van der Waals surface area contributed by atoms with Crippen molar-refractivity contribution in [2.24, 2.45) is 5.92 Å². The molecule has 1 saturated heterocycles. The highest BCUT2D eigenvalue weighted by molar-refractivity contribution is 7.89. The number of esters is 1. The fraction of sp³-hybridized carbons (Fsp3) is 0.227. The van der Waals surface area contributed by atoms with E-state index >= 15 is 0 Å². The summed E-state index contributed by atoms with van der Waals surface area (Å²) in [5, 5.41) is 2.02. The molecule has 0 aliphatic carbocycles. The van der Waals surface area contributed by atoms with Crippen molar-refractivity contribution in [2.75, 3.05) is 13.1 Å². The molecule has 0 spiro atoms. The van der Waals surface area contributed by atoms with Crippen LogP contribution in [0.1, 0.15) is 12.8 Å². The molecule has 1 aliphatic heterocycles. The van der Waals surface area contributed by atoms with Gasteiger partial charge in [0.15, 0.2) is 11.6 Å². The predicted molar refractivity (Wildman–Crippen MR) is 112 cm³/mol. The minimum Gasteiger partial charge on any atom is -0.426 e. The Balaban J connectivity index is 1.45. The monoisotopic (exact) mass is 465 g/mol. The van der Waals surface area contributed by atoms with Crippen LogP contribution >= 0.6 is 11.6 Å². The number of hydrogen-bond donors (Lipinski definition) is 0. The number of hydrogen-bond acceptors (Lipinski definition) is 4. The first-order chi connectivity index (χ1) is 14.8. The van der Waals surface area contributed by atoms with E-state index in [4.69, 9.17) is 16.3 Å². The fourth-order valence-electron chi connectivity index (χ4n) is 3.63. The van der Waals surface area contributed by atoms with Gasteiger partial charge in [0.2, 0.25) is 10.0 Å². The first kappa shape index (κ1) is 21.7. The normalized spacial score (nSPS) is 15.8. The third-order valence-electron chi connectivity index (χ3n) is 5.36. The second kappa shape index (κ2) is 8.53. The summed E-state index contributed by atoms with van der Waals surface area (Å²) in [6, 6.07) is 13.0. The summed E-state index contributed by atoms with van der Waals surface area (Å²) in [6.45, 7) is 0.144. The lowest BCUT2D eigenvalue weighted by molar-refractivity contribution is -0.140. The number of carbonyl (C=O) groups excluding carboxylic acids is 1. The Morgan fingerprint density at radius 1 is 0.968 bits per heavy atom. The Morgan fingerprint density at radius 3 is 2.32 bits per heavy atom. The van der Waals surface area contributed by atoms with E-state index in [1.54, 1.807) is 18.2 Å². The van der Waals surface area contributed by atoms with Crippen molar-refractivity contribution >= 4 is 38.4 Å². The van der Waals surface area contributed by atoms with Crippen molar-refractivity contribution in [3.63, 3.8) is 0 Å². The summed E-state index contributed by atoms with van der Waals surface area (Å²) in [5.74, 6) is -2.88. The highest BCUT2D eigenvalue weighted by Gasteiger charge is 2.33. The Kier molecular flexibility index (Phi) is 5.96. The number of carbonyl (C=O) groups is 1. The van der Waals surface area contributed by atoms with E-state index in [2.05, 4.69) is 0 Å². The number of sulfonamides is 1. The van der Waals surface area contributed by atoms with E-state index in [0.29, 0.717) is 22.2 Å². The molecule has 3 aromatic rings. The number of nitrogens with zero attached hydrogens (tertiary/aromatic N) is 1. The van der Waals surface area contributed by atoms with Crippen LogP contribution in [0.15, 0.2) is 59.5 Å². The van der Waals surface area contributed by atoms with Crippen LogP contribution in [0.4, 0.5) is 8.78 Å². The van der Waals surface area contributed by atoms with Crippen molar-refractivity contribution in [3.05, 3.63) is 71.3 Å². The van der Waals surface area contributed by atoms with Gasteiger partial charge in [-0.3, -0.25) is 4.79 Å². The van der Waals surface area contributed by atoms with Gasteiger partial charge in [0, 0.05) is 28.9 Å². The van der Waals surface area contributed by atoms with E-state index in [0.717, 1.165) is 17.5 Å². The maximum Gasteiger partial charge on any atom is 0.314 e. The van der Waals surface area contributed by atoms with Gasteiger partial charge in [0.05, 0.1) is 10.8 Å². The molecule has 0 aromatic heterocycles. The van der Waals surface area contributed by atoms with Crippen LogP contribution in [0.25, 0.3) is 10.8 Å². The second-order valence-corrected chi connectivity index (χ2v) is 9.61. The number of halogens is 3. The number of piperidine rings is 1. The van der Waals surface area contributed by atoms with Gasteiger partial charge in [-0.15, -0.1) is 0 Å². The molecule has 162 valence electrons. The van der Waals surface area contributed by atoms with Gasteiger partial charge < -0.3 is 4.74 Å². The number of benzene rings is 3. The predicted octanol–water partition coefficient (Wildman–Crippen LogP) is 4.78. The highest BCUT2D eigenvalue weighted by Crippen LogP contribution is 2.33. The van der Waals surface area contributed by atoms with Crippen molar-refractivity contribution in [1.29, 1.82) is 0 Å². The molecule has 9 heteroatoms. The first-order valence-electron chi connectivity index (χ1n) is 9.61. The third-order valence-corrected chi connectivity index (χ3v) is 7.58. The van der Waals surface area contributed by atoms with E-state index < -0.39 is 33.5 Å². The molecule has 0 bridgehead atoms. The second-order valence-electron chi connectivity index (χ2n) is 7.27. The minimum atomic E-state index is -3.98. The standard InChI is InChI=1S/C22H18ClF2NO4S/c23-18-6-8-21(17-4-2-1-3-16(17)18)30-22(27)14-9-11-26(12-10-14)31(28,29)15-5-7-19(24)20(25)13-15/h1-8,13-14H,9-12H2. The Hall–Kier alpha value is -2.55. The lowest BCUT2D eigenvalue weighted by Crippen LogP contribution is -2.41. The lowest BCUT2D eigenvalue weighted by atomic mass is 9.98. The highest BCUT2D eigenvalue weighted by atomic mass is 35.5. The first-order valence-corrected chi connectivity index (χ1v) is 11.4. The minimum absolute atomic E-state index is 0.0719. The average Bonchev–Trinajstić information content (AvgIpc) is 2.77. The van der Waals surface area contributed by atoms with Crippen molar-refractivity contribution in [3.8, 4) is 5.75 Å².